The van der Waals surface area contributed by atoms with Gasteiger partial charge in [0.1, 0.15) is 11.6 Å². The van der Waals surface area contributed by atoms with Crippen molar-refractivity contribution in [3.63, 3.8) is 0 Å². The number of hydrogen-bond donors (Lipinski definition) is 4. The number of H-pyrrole nitrogens is 2. The Kier molecular flexibility index (Phi) is 5.82. The molecule has 0 bridgehead atoms. The number of aromatic amines is 2. The average Bonchev–Trinajstić information content (AvgIpc) is 3.75. The van der Waals surface area contributed by atoms with Crippen molar-refractivity contribution in [3.8, 4) is 11.3 Å². The van der Waals surface area contributed by atoms with Gasteiger partial charge in [-0.2, -0.15) is 0 Å². The summed E-state index contributed by atoms with van der Waals surface area (Å²) in [4.78, 5) is 21.6. The van der Waals surface area contributed by atoms with Crippen LogP contribution in [0.1, 0.15) is 98.3 Å². The number of rotatable bonds is 5. The van der Waals surface area contributed by atoms with Gasteiger partial charge in [0.25, 0.3) is 0 Å². The minimum absolute atomic E-state index is 0.359. The fourth-order valence-electron chi connectivity index (χ4n) is 6.47. The Hall–Kier alpha value is -3.03. The van der Waals surface area contributed by atoms with E-state index in [1.807, 2.05) is 6.20 Å². The molecule has 4 aromatic rings. The second kappa shape index (κ2) is 9.45. The zero-order chi connectivity index (χ0) is 23.9. The summed E-state index contributed by atoms with van der Waals surface area (Å²) >= 11 is 0. The van der Waals surface area contributed by atoms with Crippen LogP contribution in [0.15, 0.2) is 42.7 Å². The normalized spacial score (nSPS) is 26.7. The number of nitrogens with zero attached hydrogens (tertiary/aromatic N) is 3. The number of hydrogen-bond acceptors (Lipinski definition) is 5. The van der Waals surface area contributed by atoms with Gasteiger partial charge in [-0.3, -0.25) is 4.98 Å². The molecule has 4 N–H and O–H groups in total. The Bertz CT molecular complexity index is 1330. The first-order valence-electron chi connectivity index (χ1n) is 13.8. The number of aromatic nitrogens is 5. The lowest BCUT2D eigenvalue weighted by Crippen LogP contribution is -2.15. The van der Waals surface area contributed by atoms with Crippen molar-refractivity contribution in [2.24, 2.45) is 0 Å². The topological polar surface area (TPSA) is 94.3 Å². The molecule has 0 spiro atoms. The molecule has 7 rings (SSSR count). The first-order valence-corrected chi connectivity index (χ1v) is 13.8. The van der Waals surface area contributed by atoms with Gasteiger partial charge < -0.3 is 20.6 Å². The predicted octanol–water partition coefficient (Wildman–Crippen LogP) is 5.64. The molecule has 0 radical (unpaired) electrons. The molecule has 1 saturated carbocycles. The first-order chi connectivity index (χ1) is 17.8. The minimum Gasteiger partial charge on any atom is -0.344 e. The molecular formula is C29H35N7. The van der Waals surface area contributed by atoms with E-state index < -0.39 is 0 Å². The van der Waals surface area contributed by atoms with Crippen LogP contribution < -0.4 is 10.6 Å². The molecule has 3 aromatic heterocycles. The second-order valence-electron chi connectivity index (χ2n) is 10.9. The molecule has 3 fully saturated rings. The second-order valence-corrected chi connectivity index (χ2v) is 10.9. The lowest BCUT2D eigenvalue weighted by atomic mass is 9.79. The Morgan fingerprint density at radius 3 is 2.17 bits per heavy atom. The van der Waals surface area contributed by atoms with Crippen molar-refractivity contribution < 1.29 is 0 Å². The summed E-state index contributed by atoms with van der Waals surface area (Å²) in [5.41, 5.74) is 5.89. The van der Waals surface area contributed by atoms with E-state index in [1.165, 1.54) is 67.3 Å². The molecule has 2 aliphatic heterocycles. The van der Waals surface area contributed by atoms with Crippen LogP contribution in [0.3, 0.4) is 0 Å². The summed E-state index contributed by atoms with van der Waals surface area (Å²) < 4.78 is 0. The van der Waals surface area contributed by atoms with E-state index in [0.29, 0.717) is 23.9 Å². The van der Waals surface area contributed by atoms with Crippen molar-refractivity contribution in [1.82, 2.24) is 35.6 Å². The summed E-state index contributed by atoms with van der Waals surface area (Å²) in [7, 11) is 0. The molecule has 0 unspecified atom stereocenters. The van der Waals surface area contributed by atoms with Gasteiger partial charge in [-0.1, -0.05) is 12.1 Å². The monoisotopic (exact) mass is 481 g/mol. The van der Waals surface area contributed by atoms with Crippen molar-refractivity contribution in [3.05, 3.63) is 65.8 Å². The van der Waals surface area contributed by atoms with Gasteiger partial charge in [-0.15, -0.1) is 0 Å². The quantitative estimate of drug-likeness (QED) is 0.296. The van der Waals surface area contributed by atoms with E-state index in [0.717, 1.165) is 42.4 Å². The molecule has 36 heavy (non-hydrogen) atoms. The van der Waals surface area contributed by atoms with E-state index in [4.69, 9.17) is 9.97 Å². The maximum Gasteiger partial charge on any atom is 0.123 e. The van der Waals surface area contributed by atoms with E-state index in [1.54, 1.807) is 0 Å². The van der Waals surface area contributed by atoms with E-state index >= 15 is 0 Å². The van der Waals surface area contributed by atoms with Gasteiger partial charge in [0.2, 0.25) is 0 Å². The summed E-state index contributed by atoms with van der Waals surface area (Å²) in [6.07, 6.45) is 13.6. The molecule has 3 aliphatic rings. The highest BCUT2D eigenvalue weighted by Gasteiger charge is 2.27. The highest BCUT2D eigenvalue weighted by Crippen LogP contribution is 2.40. The molecule has 2 saturated heterocycles. The molecule has 5 heterocycles. The van der Waals surface area contributed by atoms with Gasteiger partial charge in [-0.25, -0.2) is 9.97 Å². The standard InChI is InChI=1S/C29H35N7/c1-3-24(30-13-1)28-32-16-26(35-28)19-7-5-18(6-8-19)22-11-9-20-15-21(10-12-23(20)34-22)27-17-33-29(36-27)25-4-2-14-31-25/h9-12,15-19,24-25,30-31H,1-8,13-14H2,(H,32,35)(H,33,36)/t18?,19?,24-,25-/m0/s1. The number of nitrogens with one attached hydrogen (secondary N) is 4. The Labute approximate surface area is 211 Å². The predicted molar refractivity (Wildman–Crippen MR) is 142 cm³/mol. The Balaban J connectivity index is 1.03. The van der Waals surface area contributed by atoms with Crippen LogP contribution >= 0.6 is 0 Å². The zero-order valence-electron chi connectivity index (χ0n) is 20.8. The van der Waals surface area contributed by atoms with E-state index in [9.17, 15) is 0 Å². The van der Waals surface area contributed by atoms with Crippen molar-refractivity contribution in [1.29, 1.82) is 0 Å². The molecule has 0 amide bonds. The minimum atomic E-state index is 0.359. The summed E-state index contributed by atoms with van der Waals surface area (Å²) in [6.45, 7) is 2.18. The van der Waals surface area contributed by atoms with Crippen LogP contribution in [0, 0.1) is 0 Å². The smallest absolute Gasteiger partial charge is 0.123 e. The third-order valence-corrected chi connectivity index (χ3v) is 8.60. The summed E-state index contributed by atoms with van der Waals surface area (Å²) in [5, 5.41) is 8.25. The number of imidazole rings is 2. The van der Waals surface area contributed by atoms with Crippen molar-refractivity contribution >= 4 is 10.9 Å². The van der Waals surface area contributed by atoms with Crippen molar-refractivity contribution in [2.45, 2.75) is 75.3 Å². The Morgan fingerprint density at radius 1 is 0.694 bits per heavy atom. The third-order valence-electron chi connectivity index (χ3n) is 8.60. The van der Waals surface area contributed by atoms with Gasteiger partial charge in [0.05, 0.1) is 29.5 Å². The Morgan fingerprint density at radius 2 is 1.42 bits per heavy atom. The van der Waals surface area contributed by atoms with Gasteiger partial charge in [0, 0.05) is 40.4 Å². The average molecular weight is 482 g/mol. The fourth-order valence-corrected chi connectivity index (χ4v) is 6.47. The molecule has 1 aliphatic carbocycles. The maximum absolute atomic E-state index is 5.09. The lowest BCUT2D eigenvalue weighted by Gasteiger charge is -2.27. The van der Waals surface area contributed by atoms with Crippen LogP contribution in [-0.4, -0.2) is 38.0 Å². The highest BCUT2D eigenvalue weighted by molar-refractivity contribution is 5.84. The first kappa shape index (κ1) is 22.2. The number of benzene rings is 1. The van der Waals surface area contributed by atoms with Gasteiger partial charge in [-0.05, 0) is 82.7 Å². The number of pyridine rings is 1. The molecule has 7 heteroatoms. The van der Waals surface area contributed by atoms with Gasteiger partial charge >= 0.3 is 0 Å². The van der Waals surface area contributed by atoms with E-state index in [-0.39, 0.29) is 0 Å². The maximum atomic E-state index is 5.09. The van der Waals surface area contributed by atoms with E-state index in [2.05, 4.69) is 62.1 Å². The van der Waals surface area contributed by atoms with Crippen molar-refractivity contribution in [2.75, 3.05) is 13.1 Å². The highest BCUT2D eigenvalue weighted by atomic mass is 15.0. The number of fused-ring (bicyclic) bond motifs is 1. The van der Waals surface area contributed by atoms with Crippen LogP contribution in [0.2, 0.25) is 0 Å². The molecule has 1 aromatic carbocycles. The zero-order valence-corrected chi connectivity index (χ0v) is 20.8. The molecule has 186 valence electrons. The van der Waals surface area contributed by atoms with Crippen LogP contribution in [-0.2, 0) is 0 Å². The van der Waals surface area contributed by atoms with Crippen LogP contribution in [0.5, 0.6) is 0 Å². The van der Waals surface area contributed by atoms with Crippen LogP contribution in [0.4, 0.5) is 0 Å². The molecular weight excluding hydrogens is 446 g/mol. The third kappa shape index (κ3) is 4.24. The fraction of sp³-hybridized carbons (Fsp3) is 0.483. The SMILES string of the molecule is c1cc2nc(C3CCC(c4cnc([C@@H]5CCCN5)[nH]4)CC3)ccc2cc1-c1cnc([C@@H]2CCCN2)[nH]1. The molecule has 7 nitrogen and oxygen atoms in total. The van der Waals surface area contributed by atoms with Gasteiger partial charge in [0.15, 0.2) is 0 Å². The van der Waals surface area contributed by atoms with Crippen LogP contribution in [0.25, 0.3) is 22.2 Å². The summed E-state index contributed by atoms with van der Waals surface area (Å²) in [5.74, 6) is 3.30. The lowest BCUT2D eigenvalue weighted by molar-refractivity contribution is 0.387. The summed E-state index contributed by atoms with van der Waals surface area (Å²) in [6, 6.07) is 11.8. The molecule has 2 atom stereocenters. The largest absolute Gasteiger partial charge is 0.344 e.